The van der Waals surface area contributed by atoms with E-state index in [0.717, 1.165) is 25.2 Å². The first-order chi connectivity index (χ1) is 10.4. The Kier molecular flexibility index (Phi) is 4.29. The molecule has 1 aromatic heterocycles. The van der Waals surface area contributed by atoms with Crippen LogP contribution < -0.4 is 5.32 Å². The third kappa shape index (κ3) is 3.51. The van der Waals surface area contributed by atoms with Gasteiger partial charge in [-0.3, -0.25) is 0 Å². The van der Waals surface area contributed by atoms with Gasteiger partial charge in [0.1, 0.15) is 5.60 Å². The van der Waals surface area contributed by atoms with Crippen LogP contribution >= 0.6 is 0 Å². The quantitative estimate of drug-likeness (QED) is 0.842. The number of ether oxygens (including phenoxy) is 1. The summed E-state index contributed by atoms with van der Waals surface area (Å²) in [5, 5.41) is 17.9. The highest BCUT2D eigenvalue weighted by atomic mass is 16.5. The predicted octanol–water partition coefficient (Wildman–Crippen LogP) is 0.897. The maximum absolute atomic E-state index is 9.98. The van der Waals surface area contributed by atoms with Gasteiger partial charge in [0.25, 0.3) is 0 Å². The van der Waals surface area contributed by atoms with E-state index < -0.39 is 5.60 Å². The number of likely N-dealkylation sites (tertiary alicyclic amines) is 1. The Labute approximate surface area is 131 Å². The van der Waals surface area contributed by atoms with Crippen LogP contribution in [-0.4, -0.2) is 60.1 Å². The Morgan fingerprint density at radius 3 is 2.59 bits per heavy atom. The first-order valence-corrected chi connectivity index (χ1v) is 8.09. The molecule has 22 heavy (non-hydrogen) atoms. The number of piperidine rings is 1. The number of rotatable bonds is 5. The standard InChI is InChI=1S/C16H27N3O3/c1-15(2,20)14-8-13(18-22-14)9-16(10-21-11-16)17-12-4-6-19(3)7-5-12/h8,12,17,20H,4-7,9-11H2,1-3H3. The first kappa shape index (κ1) is 15.9. The smallest absolute Gasteiger partial charge is 0.167 e. The van der Waals surface area contributed by atoms with E-state index >= 15 is 0 Å². The van der Waals surface area contributed by atoms with Gasteiger partial charge in [-0.15, -0.1) is 0 Å². The fourth-order valence-corrected chi connectivity index (χ4v) is 3.20. The summed E-state index contributed by atoms with van der Waals surface area (Å²) < 4.78 is 10.7. The molecule has 0 aliphatic carbocycles. The Morgan fingerprint density at radius 2 is 2.09 bits per heavy atom. The highest BCUT2D eigenvalue weighted by molar-refractivity contribution is 5.15. The van der Waals surface area contributed by atoms with Crippen molar-refractivity contribution in [2.75, 3.05) is 33.4 Å². The van der Waals surface area contributed by atoms with Gasteiger partial charge in [-0.05, 0) is 46.8 Å². The van der Waals surface area contributed by atoms with Crippen LogP contribution in [0.5, 0.6) is 0 Å². The minimum absolute atomic E-state index is 0.0334. The first-order valence-electron chi connectivity index (χ1n) is 8.09. The van der Waals surface area contributed by atoms with Gasteiger partial charge in [-0.25, -0.2) is 0 Å². The Balaban J connectivity index is 1.62. The molecule has 0 unspecified atom stereocenters. The Hall–Kier alpha value is -0.950. The van der Waals surface area contributed by atoms with Crippen molar-refractivity contribution in [2.24, 2.45) is 0 Å². The zero-order valence-electron chi connectivity index (χ0n) is 13.8. The zero-order valence-corrected chi connectivity index (χ0v) is 13.8. The fourth-order valence-electron chi connectivity index (χ4n) is 3.20. The Morgan fingerprint density at radius 1 is 1.41 bits per heavy atom. The minimum Gasteiger partial charge on any atom is -0.382 e. The predicted molar refractivity (Wildman–Crippen MR) is 82.7 cm³/mol. The molecule has 3 rings (SSSR count). The molecule has 3 heterocycles. The molecular formula is C16H27N3O3. The summed E-state index contributed by atoms with van der Waals surface area (Å²) in [6, 6.07) is 2.40. The largest absolute Gasteiger partial charge is 0.382 e. The van der Waals surface area contributed by atoms with E-state index in [-0.39, 0.29) is 5.54 Å². The van der Waals surface area contributed by atoms with E-state index in [0.29, 0.717) is 25.0 Å². The van der Waals surface area contributed by atoms with E-state index in [1.807, 2.05) is 6.07 Å². The molecule has 0 amide bonds. The molecular weight excluding hydrogens is 282 g/mol. The van der Waals surface area contributed by atoms with Crippen LogP contribution in [0.15, 0.2) is 10.6 Å². The van der Waals surface area contributed by atoms with Crippen molar-refractivity contribution < 1.29 is 14.4 Å². The second-order valence-electron chi connectivity index (χ2n) is 7.41. The maximum Gasteiger partial charge on any atom is 0.167 e. The van der Waals surface area contributed by atoms with Crippen LogP contribution in [0.4, 0.5) is 0 Å². The van der Waals surface area contributed by atoms with Crippen molar-refractivity contribution in [2.45, 2.75) is 50.3 Å². The molecule has 0 saturated carbocycles. The van der Waals surface area contributed by atoms with Gasteiger partial charge in [0, 0.05) is 18.5 Å². The second kappa shape index (κ2) is 5.92. The number of hydrogen-bond acceptors (Lipinski definition) is 6. The van der Waals surface area contributed by atoms with E-state index in [2.05, 4.69) is 22.4 Å². The fraction of sp³-hybridized carbons (Fsp3) is 0.812. The molecule has 0 spiro atoms. The van der Waals surface area contributed by atoms with Crippen molar-refractivity contribution in [3.63, 3.8) is 0 Å². The van der Waals surface area contributed by atoms with Crippen molar-refractivity contribution in [3.05, 3.63) is 17.5 Å². The van der Waals surface area contributed by atoms with Gasteiger partial charge >= 0.3 is 0 Å². The van der Waals surface area contributed by atoms with Crippen molar-refractivity contribution in [3.8, 4) is 0 Å². The topological polar surface area (TPSA) is 70.8 Å². The van der Waals surface area contributed by atoms with Crippen molar-refractivity contribution >= 4 is 0 Å². The molecule has 2 N–H and O–H groups in total. The number of nitrogens with one attached hydrogen (secondary N) is 1. The van der Waals surface area contributed by atoms with Gasteiger partial charge in [0.05, 0.1) is 24.4 Å². The van der Waals surface area contributed by atoms with Crippen LogP contribution in [0.1, 0.15) is 38.1 Å². The molecule has 2 aliphatic rings. The summed E-state index contributed by atoms with van der Waals surface area (Å²) >= 11 is 0. The molecule has 1 aromatic rings. The van der Waals surface area contributed by atoms with E-state index in [4.69, 9.17) is 9.26 Å². The van der Waals surface area contributed by atoms with Crippen LogP contribution in [0, 0.1) is 0 Å². The Bertz CT molecular complexity index is 497. The molecule has 2 aliphatic heterocycles. The molecule has 6 nitrogen and oxygen atoms in total. The number of nitrogens with zero attached hydrogens (tertiary/aromatic N) is 2. The lowest BCUT2D eigenvalue weighted by atomic mass is 9.88. The number of hydrogen-bond donors (Lipinski definition) is 2. The summed E-state index contributed by atoms with van der Waals surface area (Å²) in [6.07, 6.45) is 3.12. The third-order valence-corrected chi connectivity index (χ3v) is 4.67. The van der Waals surface area contributed by atoms with Crippen LogP contribution in [-0.2, 0) is 16.8 Å². The molecule has 0 aromatic carbocycles. The average molecular weight is 309 g/mol. The molecule has 0 bridgehead atoms. The monoisotopic (exact) mass is 309 g/mol. The summed E-state index contributed by atoms with van der Waals surface area (Å²) in [5.41, 5.74) is -0.148. The SMILES string of the molecule is CN1CCC(NC2(Cc3cc(C(C)(C)O)on3)COC2)CC1. The summed E-state index contributed by atoms with van der Waals surface area (Å²) in [7, 11) is 2.17. The number of aromatic nitrogens is 1. The van der Waals surface area contributed by atoms with Gasteiger partial charge in [-0.2, -0.15) is 0 Å². The van der Waals surface area contributed by atoms with E-state index in [1.165, 1.54) is 12.8 Å². The lowest BCUT2D eigenvalue weighted by molar-refractivity contribution is -0.0823. The molecule has 2 fully saturated rings. The molecule has 2 saturated heterocycles. The minimum atomic E-state index is -0.990. The van der Waals surface area contributed by atoms with Crippen molar-refractivity contribution in [1.82, 2.24) is 15.4 Å². The summed E-state index contributed by atoms with van der Waals surface area (Å²) in [6.45, 7) is 7.11. The highest BCUT2D eigenvalue weighted by Gasteiger charge is 2.41. The maximum atomic E-state index is 9.98. The van der Waals surface area contributed by atoms with Gasteiger partial charge in [0.15, 0.2) is 5.76 Å². The lowest BCUT2D eigenvalue weighted by Crippen LogP contribution is -2.65. The normalized spacial score (nSPS) is 23.5. The van der Waals surface area contributed by atoms with Gasteiger partial charge in [0.2, 0.25) is 0 Å². The molecule has 0 radical (unpaired) electrons. The number of aliphatic hydroxyl groups is 1. The summed E-state index contributed by atoms with van der Waals surface area (Å²) in [5.74, 6) is 0.511. The molecule has 124 valence electrons. The van der Waals surface area contributed by atoms with Crippen LogP contribution in [0.2, 0.25) is 0 Å². The molecule has 0 atom stereocenters. The van der Waals surface area contributed by atoms with Gasteiger partial charge < -0.3 is 24.6 Å². The van der Waals surface area contributed by atoms with Crippen LogP contribution in [0.3, 0.4) is 0 Å². The average Bonchev–Trinajstić information content (AvgIpc) is 2.87. The third-order valence-electron chi connectivity index (χ3n) is 4.67. The highest BCUT2D eigenvalue weighted by Crippen LogP contribution is 2.27. The zero-order chi connectivity index (χ0) is 15.8. The lowest BCUT2D eigenvalue weighted by Gasteiger charge is -2.45. The summed E-state index contributed by atoms with van der Waals surface area (Å²) in [4.78, 5) is 2.37. The van der Waals surface area contributed by atoms with Crippen LogP contribution in [0.25, 0.3) is 0 Å². The van der Waals surface area contributed by atoms with Gasteiger partial charge in [-0.1, -0.05) is 5.16 Å². The van der Waals surface area contributed by atoms with E-state index in [9.17, 15) is 5.11 Å². The van der Waals surface area contributed by atoms with E-state index in [1.54, 1.807) is 13.8 Å². The second-order valence-corrected chi connectivity index (χ2v) is 7.41. The van der Waals surface area contributed by atoms with Crippen molar-refractivity contribution in [1.29, 1.82) is 0 Å². The molecule has 6 heteroatoms.